The van der Waals surface area contributed by atoms with Gasteiger partial charge in [0.1, 0.15) is 0 Å². The number of nitrogens with two attached hydrogens (primary N) is 1. The topological polar surface area (TPSA) is 44.5 Å². The minimum absolute atomic E-state index is 0.383. The maximum Gasteiger partial charge on any atom is 0.0704 e. The van der Waals surface area contributed by atoms with Crippen molar-refractivity contribution in [2.45, 2.75) is 111 Å². The molecule has 3 nitrogen and oxygen atoms in total. The van der Waals surface area contributed by atoms with Crippen molar-refractivity contribution in [1.82, 2.24) is 0 Å². The lowest BCUT2D eigenvalue weighted by molar-refractivity contribution is -0.0676. The first-order chi connectivity index (χ1) is 16.3. The first kappa shape index (κ1) is 26.7. The third kappa shape index (κ3) is 5.32. The fourth-order valence-corrected chi connectivity index (χ4v) is 9.25. The second-order valence-electron chi connectivity index (χ2n) is 13.4. The van der Waals surface area contributed by atoms with Crippen LogP contribution in [0.15, 0.2) is 11.6 Å². The van der Waals surface area contributed by atoms with Crippen LogP contribution in [0.2, 0.25) is 0 Å². The Kier molecular flexibility index (Phi) is 8.90. The molecule has 4 rings (SSSR count). The molecule has 3 fully saturated rings. The average Bonchev–Trinajstić information content (AvgIpc) is 3.16. The number of rotatable bonds is 11. The highest BCUT2D eigenvalue weighted by Gasteiger charge is 2.59. The van der Waals surface area contributed by atoms with Gasteiger partial charge >= 0.3 is 0 Å². The highest BCUT2D eigenvalue weighted by atomic mass is 16.5. The van der Waals surface area contributed by atoms with Crippen molar-refractivity contribution in [3.05, 3.63) is 11.6 Å². The van der Waals surface area contributed by atoms with Gasteiger partial charge in [-0.2, -0.15) is 0 Å². The van der Waals surface area contributed by atoms with Crippen molar-refractivity contribution in [3.8, 4) is 0 Å². The molecular formula is C31H55NO2. The van der Waals surface area contributed by atoms with Crippen LogP contribution in [-0.4, -0.2) is 32.5 Å². The van der Waals surface area contributed by atoms with Gasteiger partial charge in [-0.25, -0.2) is 0 Å². The predicted molar refractivity (Wildman–Crippen MR) is 143 cm³/mol. The second-order valence-corrected chi connectivity index (χ2v) is 13.4. The molecule has 8 atom stereocenters. The Morgan fingerprint density at radius 1 is 0.971 bits per heavy atom. The predicted octanol–water partition coefficient (Wildman–Crippen LogP) is 7.39. The van der Waals surface area contributed by atoms with Gasteiger partial charge in [-0.1, -0.05) is 65.5 Å². The lowest BCUT2D eigenvalue weighted by atomic mass is 9.47. The highest BCUT2D eigenvalue weighted by molar-refractivity contribution is 5.25. The molecular weight excluding hydrogens is 418 g/mol. The van der Waals surface area contributed by atoms with Gasteiger partial charge < -0.3 is 15.2 Å². The molecule has 4 aliphatic rings. The summed E-state index contributed by atoms with van der Waals surface area (Å²) in [7, 11) is 0. The van der Waals surface area contributed by atoms with Crippen molar-refractivity contribution in [2.75, 3.05) is 26.4 Å². The number of hydrogen-bond donors (Lipinski definition) is 1. The first-order valence-corrected chi connectivity index (χ1v) is 14.9. The van der Waals surface area contributed by atoms with Crippen molar-refractivity contribution >= 4 is 0 Å². The van der Waals surface area contributed by atoms with Gasteiger partial charge in [-0.05, 0) is 97.7 Å². The van der Waals surface area contributed by atoms with E-state index >= 15 is 0 Å². The minimum Gasteiger partial charge on any atom is -0.378 e. The summed E-state index contributed by atoms with van der Waals surface area (Å²) >= 11 is 0. The van der Waals surface area contributed by atoms with E-state index in [2.05, 4.69) is 40.7 Å². The third-order valence-electron chi connectivity index (χ3n) is 11.1. The zero-order valence-corrected chi connectivity index (χ0v) is 23.1. The minimum atomic E-state index is 0.383. The molecule has 0 aromatic heterocycles. The van der Waals surface area contributed by atoms with E-state index in [9.17, 15) is 0 Å². The van der Waals surface area contributed by atoms with E-state index in [4.69, 9.17) is 15.2 Å². The molecule has 4 unspecified atom stereocenters. The van der Waals surface area contributed by atoms with Crippen LogP contribution in [0.4, 0.5) is 0 Å². The summed E-state index contributed by atoms with van der Waals surface area (Å²) < 4.78 is 11.7. The standard InChI is InChI=1S/C31H55NO2/c1-22(2)7-6-8-23(3)27-11-12-28-26-10-9-24-21-25(34-20-19-33-18-17-32)13-15-30(24,4)29(26)14-16-31(27,28)5/h9,22-23,25-29H,6-8,10-21,32H2,1-5H3/t23-,25?,26?,27-,28?,29?,30+,31-/m1/s1. The van der Waals surface area contributed by atoms with Gasteiger partial charge in [-0.15, -0.1) is 0 Å². The Balaban J connectivity index is 1.37. The Morgan fingerprint density at radius 3 is 2.56 bits per heavy atom. The van der Waals surface area contributed by atoms with E-state index in [1.807, 2.05) is 0 Å². The molecule has 0 amide bonds. The summed E-state index contributed by atoms with van der Waals surface area (Å²) in [5.74, 6) is 5.47. The lowest BCUT2D eigenvalue weighted by Crippen LogP contribution is -2.51. The zero-order valence-electron chi connectivity index (χ0n) is 23.1. The normalized spacial score (nSPS) is 40.4. The van der Waals surface area contributed by atoms with Crippen LogP contribution in [-0.2, 0) is 9.47 Å². The van der Waals surface area contributed by atoms with E-state index in [0.29, 0.717) is 43.3 Å². The molecule has 0 saturated heterocycles. The van der Waals surface area contributed by atoms with Crippen LogP contribution in [0.3, 0.4) is 0 Å². The zero-order chi connectivity index (χ0) is 24.3. The van der Waals surface area contributed by atoms with Crippen molar-refractivity contribution < 1.29 is 9.47 Å². The Morgan fingerprint density at radius 2 is 1.79 bits per heavy atom. The van der Waals surface area contributed by atoms with Crippen LogP contribution < -0.4 is 5.73 Å². The lowest BCUT2D eigenvalue weighted by Gasteiger charge is -2.58. The molecule has 34 heavy (non-hydrogen) atoms. The Bertz CT molecular complexity index is 689. The SMILES string of the molecule is CC(C)CCC[C@@H](C)[C@H]1CCC2C3CC=C4CC(OCCOCCN)CC[C@]4(C)C3CC[C@@]21C. The molecule has 0 heterocycles. The van der Waals surface area contributed by atoms with E-state index < -0.39 is 0 Å². The van der Waals surface area contributed by atoms with Gasteiger partial charge in [0.15, 0.2) is 0 Å². The molecule has 196 valence electrons. The molecule has 0 aromatic carbocycles. The maximum atomic E-state index is 6.23. The van der Waals surface area contributed by atoms with E-state index in [1.165, 1.54) is 64.2 Å². The van der Waals surface area contributed by atoms with Crippen LogP contribution in [0.5, 0.6) is 0 Å². The summed E-state index contributed by atoms with van der Waals surface area (Å²) in [6.07, 6.45) is 18.3. The van der Waals surface area contributed by atoms with Crippen LogP contribution >= 0.6 is 0 Å². The summed E-state index contributed by atoms with van der Waals surface area (Å²) in [5.41, 5.74) is 8.25. The summed E-state index contributed by atoms with van der Waals surface area (Å²) in [6, 6.07) is 0. The molecule has 2 N–H and O–H groups in total. The molecule has 0 aliphatic heterocycles. The number of hydrogen-bond acceptors (Lipinski definition) is 3. The Labute approximate surface area is 211 Å². The van der Waals surface area contributed by atoms with Crippen LogP contribution in [0.25, 0.3) is 0 Å². The molecule has 0 aromatic rings. The van der Waals surface area contributed by atoms with E-state index in [1.54, 1.807) is 5.57 Å². The fourth-order valence-electron chi connectivity index (χ4n) is 9.25. The molecule has 0 spiro atoms. The van der Waals surface area contributed by atoms with Gasteiger partial charge in [-0.3, -0.25) is 0 Å². The average molecular weight is 474 g/mol. The smallest absolute Gasteiger partial charge is 0.0704 e. The van der Waals surface area contributed by atoms with Crippen molar-refractivity contribution in [1.29, 1.82) is 0 Å². The molecule has 4 aliphatic carbocycles. The van der Waals surface area contributed by atoms with E-state index in [0.717, 1.165) is 41.9 Å². The number of fused-ring (bicyclic) bond motifs is 5. The monoisotopic (exact) mass is 473 g/mol. The van der Waals surface area contributed by atoms with Gasteiger partial charge in [0.2, 0.25) is 0 Å². The summed E-state index contributed by atoms with van der Waals surface area (Å²) in [4.78, 5) is 0. The third-order valence-corrected chi connectivity index (χ3v) is 11.1. The molecule has 0 bridgehead atoms. The summed E-state index contributed by atoms with van der Waals surface area (Å²) in [6.45, 7) is 15.3. The first-order valence-electron chi connectivity index (χ1n) is 14.9. The largest absolute Gasteiger partial charge is 0.378 e. The maximum absolute atomic E-state index is 6.23. The molecule has 0 radical (unpaired) electrons. The fraction of sp³-hybridized carbons (Fsp3) is 0.935. The van der Waals surface area contributed by atoms with Gasteiger partial charge in [0.05, 0.1) is 25.9 Å². The molecule has 3 saturated carbocycles. The molecule has 3 heteroatoms. The van der Waals surface area contributed by atoms with Gasteiger partial charge in [0.25, 0.3) is 0 Å². The van der Waals surface area contributed by atoms with E-state index in [-0.39, 0.29) is 0 Å². The number of allylic oxidation sites excluding steroid dienone is 1. The van der Waals surface area contributed by atoms with Crippen molar-refractivity contribution in [2.24, 2.45) is 52.1 Å². The van der Waals surface area contributed by atoms with Crippen LogP contribution in [0, 0.1) is 46.3 Å². The second kappa shape index (κ2) is 11.3. The van der Waals surface area contributed by atoms with Gasteiger partial charge in [0, 0.05) is 6.54 Å². The number of ether oxygens (including phenoxy) is 2. The quantitative estimate of drug-likeness (QED) is 0.251. The summed E-state index contributed by atoms with van der Waals surface area (Å²) in [5, 5.41) is 0. The Hall–Kier alpha value is -0.380. The van der Waals surface area contributed by atoms with Crippen molar-refractivity contribution in [3.63, 3.8) is 0 Å². The van der Waals surface area contributed by atoms with Crippen LogP contribution in [0.1, 0.15) is 105 Å². The highest BCUT2D eigenvalue weighted by Crippen LogP contribution is 2.67.